The van der Waals surface area contributed by atoms with Crippen molar-refractivity contribution in [2.75, 3.05) is 67.6 Å². The monoisotopic (exact) mass is 461 g/mol. The molecule has 0 saturated carbocycles. The van der Waals surface area contributed by atoms with Crippen LogP contribution in [0.15, 0.2) is 48.5 Å². The lowest BCUT2D eigenvalue weighted by atomic mass is 9.96. The van der Waals surface area contributed by atoms with Crippen molar-refractivity contribution in [3.8, 4) is 0 Å². The molecule has 7 heteroatoms. The van der Waals surface area contributed by atoms with E-state index >= 15 is 0 Å². The Kier molecular flexibility index (Phi) is 6.72. The van der Waals surface area contributed by atoms with E-state index < -0.39 is 0 Å². The predicted octanol–water partition coefficient (Wildman–Crippen LogP) is 2.96. The lowest BCUT2D eigenvalue weighted by molar-refractivity contribution is -0.120. The Hall–Kier alpha value is -3.06. The number of hydrogen-bond donors (Lipinski definition) is 1. The number of fused-ring (bicyclic) bond motifs is 3. The Morgan fingerprint density at radius 2 is 1.76 bits per heavy atom. The average molecular weight is 462 g/mol. The number of piperazine rings is 1. The molecule has 1 N–H and O–H groups in total. The number of hydrogen-bond acceptors (Lipinski definition) is 5. The van der Waals surface area contributed by atoms with E-state index in [1.54, 1.807) is 4.90 Å². The van der Waals surface area contributed by atoms with Crippen LogP contribution in [0.1, 0.15) is 36.0 Å². The van der Waals surface area contributed by atoms with Gasteiger partial charge in [0.05, 0.1) is 11.4 Å². The van der Waals surface area contributed by atoms with E-state index in [0.717, 1.165) is 76.3 Å². The highest BCUT2D eigenvalue weighted by atomic mass is 16.2. The summed E-state index contributed by atoms with van der Waals surface area (Å²) in [6.07, 6.45) is 4.04. The number of likely N-dealkylation sites (N-methyl/N-ethyl adjacent to an activating group) is 1. The maximum Gasteiger partial charge on any atom is 0.251 e. The first-order valence-electron chi connectivity index (χ1n) is 12.6. The number of nitrogens with zero attached hydrogens (tertiary/aromatic N) is 4. The molecule has 0 aliphatic carbocycles. The Labute approximate surface area is 202 Å². The zero-order valence-corrected chi connectivity index (χ0v) is 20.1. The molecule has 2 aromatic carbocycles. The third kappa shape index (κ3) is 4.62. The van der Waals surface area contributed by atoms with Gasteiger partial charge in [-0.05, 0) is 62.6 Å². The number of rotatable bonds is 6. The van der Waals surface area contributed by atoms with Crippen LogP contribution in [0.25, 0.3) is 0 Å². The van der Waals surface area contributed by atoms with Gasteiger partial charge >= 0.3 is 0 Å². The van der Waals surface area contributed by atoms with Crippen molar-refractivity contribution >= 4 is 28.9 Å². The van der Waals surface area contributed by atoms with E-state index in [0.29, 0.717) is 12.1 Å². The summed E-state index contributed by atoms with van der Waals surface area (Å²) < 4.78 is 0. The van der Waals surface area contributed by atoms with E-state index in [1.165, 1.54) is 5.69 Å². The van der Waals surface area contributed by atoms with Gasteiger partial charge in [0.25, 0.3) is 5.91 Å². The van der Waals surface area contributed by atoms with Crippen molar-refractivity contribution in [1.82, 2.24) is 10.2 Å². The average Bonchev–Trinajstić information content (AvgIpc) is 2.90. The summed E-state index contributed by atoms with van der Waals surface area (Å²) in [5, 5.41) is 3.07. The summed E-state index contributed by atoms with van der Waals surface area (Å²) in [6.45, 7) is 6.71. The van der Waals surface area contributed by atoms with Crippen LogP contribution in [0.2, 0.25) is 0 Å². The first kappa shape index (κ1) is 22.7. The molecular formula is C27H35N5O2. The molecular weight excluding hydrogens is 426 g/mol. The van der Waals surface area contributed by atoms with Crippen molar-refractivity contribution in [3.05, 3.63) is 54.1 Å². The molecule has 0 aromatic heterocycles. The molecule has 3 aliphatic rings. The molecule has 7 nitrogen and oxygen atoms in total. The highest BCUT2D eigenvalue weighted by molar-refractivity contribution is 6.07. The Balaban J connectivity index is 1.10. The van der Waals surface area contributed by atoms with Gasteiger partial charge in [-0.2, -0.15) is 0 Å². The Morgan fingerprint density at radius 3 is 2.56 bits per heavy atom. The number of para-hydroxylation sites is 1. The minimum atomic E-state index is -0.0710. The third-order valence-electron chi connectivity index (χ3n) is 7.46. The number of anilines is 3. The molecule has 180 valence electrons. The third-order valence-corrected chi connectivity index (χ3v) is 7.46. The maximum absolute atomic E-state index is 12.8. The van der Waals surface area contributed by atoms with Crippen LogP contribution in [-0.4, -0.2) is 75.6 Å². The molecule has 2 fully saturated rings. The maximum atomic E-state index is 12.8. The van der Waals surface area contributed by atoms with Crippen LogP contribution < -0.4 is 20.0 Å². The molecule has 5 rings (SSSR count). The summed E-state index contributed by atoms with van der Waals surface area (Å²) in [5.74, 6) is 0.0652. The fourth-order valence-corrected chi connectivity index (χ4v) is 5.47. The molecule has 2 amide bonds. The predicted molar refractivity (Wildman–Crippen MR) is 137 cm³/mol. The number of nitrogens with one attached hydrogen (secondary N) is 1. The molecule has 1 atom stereocenters. The number of amides is 2. The largest absolute Gasteiger partial charge is 0.369 e. The van der Waals surface area contributed by atoms with Crippen molar-refractivity contribution in [1.29, 1.82) is 0 Å². The summed E-state index contributed by atoms with van der Waals surface area (Å²) in [4.78, 5) is 34.5. The Bertz CT molecular complexity index is 1020. The number of benzene rings is 2. The molecule has 0 bridgehead atoms. The second-order valence-electron chi connectivity index (χ2n) is 9.58. The van der Waals surface area contributed by atoms with E-state index in [1.807, 2.05) is 25.2 Å². The van der Waals surface area contributed by atoms with Gasteiger partial charge in [-0.15, -0.1) is 0 Å². The molecule has 3 aliphatic heterocycles. The topological polar surface area (TPSA) is 59.1 Å². The Morgan fingerprint density at radius 1 is 0.971 bits per heavy atom. The molecule has 0 unspecified atom stereocenters. The van der Waals surface area contributed by atoms with Crippen LogP contribution >= 0.6 is 0 Å². The summed E-state index contributed by atoms with van der Waals surface area (Å²) in [7, 11) is 1.83. The fraction of sp³-hybridized carbons (Fsp3) is 0.481. The van der Waals surface area contributed by atoms with E-state index in [4.69, 9.17) is 0 Å². The summed E-state index contributed by atoms with van der Waals surface area (Å²) in [5.41, 5.74) is 3.82. The molecule has 34 heavy (non-hydrogen) atoms. The van der Waals surface area contributed by atoms with Gasteiger partial charge in [0.15, 0.2) is 0 Å². The molecule has 2 aromatic rings. The number of piperidine rings is 1. The van der Waals surface area contributed by atoms with E-state index in [2.05, 4.69) is 50.3 Å². The second kappa shape index (κ2) is 10.1. The number of carbonyl (C=O) groups is 2. The van der Waals surface area contributed by atoms with Gasteiger partial charge in [0.1, 0.15) is 6.04 Å². The standard InChI is InChI=1S/C27H35N5O2/c1-29-25-20-21(11-12-23(25)32-15-6-5-10-24(32)27(29)34)26(33)28-13-7-14-30-16-18-31(19-17-30)22-8-3-2-4-9-22/h2-4,8-9,11-12,20,24H,5-7,10,13-19H2,1H3,(H,28,33)/t24-/m0/s1. The van der Waals surface area contributed by atoms with Crippen LogP contribution in [0, 0.1) is 0 Å². The molecule has 3 heterocycles. The van der Waals surface area contributed by atoms with Crippen molar-refractivity contribution < 1.29 is 9.59 Å². The first-order chi connectivity index (χ1) is 16.6. The van der Waals surface area contributed by atoms with Crippen molar-refractivity contribution in [2.24, 2.45) is 0 Å². The summed E-state index contributed by atoms with van der Waals surface area (Å²) >= 11 is 0. The second-order valence-corrected chi connectivity index (χ2v) is 9.58. The quantitative estimate of drug-likeness (QED) is 0.671. The van der Waals surface area contributed by atoms with Crippen LogP contribution in [0.4, 0.5) is 17.1 Å². The smallest absolute Gasteiger partial charge is 0.251 e. The van der Waals surface area contributed by atoms with Gasteiger partial charge in [-0.25, -0.2) is 0 Å². The fourth-order valence-electron chi connectivity index (χ4n) is 5.47. The van der Waals surface area contributed by atoms with Crippen molar-refractivity contribution in [3.63, 3.8) is 0 Å². The van der Waals surface area contributed by atoms with Gasteiger partial charge in [-0.3, -0.25) is 14.5 Å². The molecule has 0 spiro atoms. The van der Waals surface area contributed by atoms with Crippen LogP contribution in [0.3, 0.4) is 0 Å². The highest BCUT2D eigenvalue weighted by Gasteiger charge is 2.38. The minimum absolute atomic E-state index is 0.0551. The van der Waals surface area contributed by atoms with E-state index in [-0.39, 0.29) is 17.9 Å². The molecule has 0 radical (unpaired) electrons. The van der Waals surface area contributed by atoms with Gasteiger partial charge in [0, 0.05) is 57.6 Å². The molecule has 2 saturated heterocycles. The van der Waals surface area contributed by atoms with Gasteiger partial charge in [-0.1, -0.05) is 18.2 Å². The van der Waals surface area contributed by atoms with Crippen LogP contribution in [-0.2, 0) is 4.79 Å². The SMILES string of the molecule is CN1C(=O)[C@@H]2CCCCN2c2ccc(C(=O)NCCCN3CCN(c4ccccc4)CC3)cc21. The lowest BCUT2D eigenvalue weighted by Gasteiger charge is -2.44. The van der Waals surface area contributed by atoms with Crippen LogP contribution in [0.5, 0.6) is 0 Å². The summed E-state index contributed by atoms with van der Waals surface area (Å²) in [6, 6.07) is 16.3. The van der Waals surface area contributed by atoms with E-state index in [9.17, 15) is 9.59 Å². The number of carbonyl (C=O) groups excluding carboxylic acids is 2. The van der Waals surface area contributed by atoms with Gasteiger partial charge in [0.2, 0.25) is 5.91 Å². The lowest BCUT2D eigenvalue weighted by Crippen LogP contribution is -2.54. The first-order valence-corrected chi connectivity index (χ1v) is 12.6. The normalized spacial score (nSPS) is 20.7. The highest BCUT2D eigenvalue weighted by Crippen LogP contribution is 2.39. The van der Waals surface area contributed by atoms with Crippen molar-refractivity contribution in [2.45, 2.75) is 31.7 Å². The minimum Gasteiger partial charge on any atom is -0.369 e. The zero-order valence-electron chi connectivity index (χ0n) is 20.1. The van der Waals surface area contributed by atoms with Gasteiger partial charge < -0.3 is 20.0 Å². The zero-order chi connectivity index (χ0) is 23.5.